The van der Waals surface area contributed by atoms with E-state index in [0.29, 0.717) is 18.0 Å². The average Bonchev–Trinajstić information content (AvgIpc) is 2.46. The molecule has 1 N–H and O–H groups in total. The number of anilines is 1. The molecule has 0 fully saturated rings. The first-order chi connectivity index (χ1) is 9.56. The Kier molecular flexibility index (Phi) is 4.99. The zero-order valence-corrected chi connectivity index (χ0v) is 12.0. The van der Waals surface area contributed by atoms with E-state index in [-0.39, 0.29) is 5.82 Å². The van der Waals surface area contributed by atoms with Gasteiger partial charge in [-0.3, -0.25) is 0 Å². The van der Waals surface area contributed by atoms with Crippen LogP contribution in [0.2, 0.25) is 5.02 Å². The van der Waals surface area contributed by atoms with Gasteiger partial charge in [-0.2, -0.15) is 0 Å². The monoisotopic (exact) mass is 293 g/mol. The van der Waals surface area contributed by atoms with E-state index < -0.39 is 6.10 Å². The number of rotatable bonds is 5. The fourth-order valence-corrected chi connectivity index (χ4v) is 2.12. The predicted octanol–water partition coefficient (Wildman–Crippen LogP) is 4.04. The van der Waals surface area contributed by atoms with Crippen molar-refractivity contribution in [2.24, 2.45) is 0 Å². The molecule has 0 aromatic heterocycles. The van der Waals surface area contributed by atoms with Gasteiger partial charge in [-0.25, -0.2) is 4.39 Å². The molecule has 2 aromatic rings. The Balaban J connectivity index is 1.91. The van der Waals surface area contributed by atoms with Gasteiger partial charge in [-0.15, -0.1) is 0 Å². The molecule has 1 unspecified atom stereocenters. The maximum Gasteiger partial charge on any atom is 0.123 e. The van der Waals surface area contributed by atoms with E-state index in [9.17, 15) is 9.50 Å². The summed E-state index contributed by atoms with van der Waals surface area (Å²) >= 11 is 5.82. The van der Waals surface area contributed by atoms with Gasteiger partial charge >= 0.3 is 0 Å². The Morgan fingerprint density at radius 2 is 1.70 bits per heavy atom. The Labute approximate surface area is 123 Å². The zero-order chi connectivity index (χ0) is 14.5. The Hall–Kier alpha value is -1.58. The standard InChI is InChI=1S/C16H17ClFNO/c1-19(15-8-6-14(18)7-9-15)11-10-16(20)12-2-4-13(17)5-3-12/h2-9,16,20H,10-11H2,1H3. The molecule has 2 aromatic carbocycles. The van der Waals surface area contributed by atoms with Crippen LogP contribution in [0, 0.1) is 5.82 Å². The molecular weight excluding hydrogens is 277 g/mol. The van der Waals surface area contributed by atoms with E-state index in [1.54, 1.807) is 24.3 Å². The Morgan fingerprint density at radius 1 is 1.10 bits per heavy atom. The van der Waals surface area contributed by atoms with Crippen LogP contribution in [0.3, 0.4) is 0 Å². The second-order valence-electron chi connectivity index (χ2n) is 4.75. The van der Waals surface area contributed by atoms with Crippen LogP contribution in [0.1, 0.15) is 18.1 Å². The van der Waals surface area contributed by atoms with Crippen molar-refractivity contribution in [2.75, 3.05) is 18.5 Å². The molecule has 0 heterocycles. The topological polar surface area (TPSA) is 23.5 Å². The summed E-state index contributed by atoms with van der Waals surface area (Å²) in [5, 5.41) is 10.8. The number of hydrogen-bond acceptors (Lipinski definition) is 2. The largest absolute Gasteiger partial charge is 0.388 e. The highest BCUT2D eigenvalue weighted by atomic mass is 35.5. The van der Waals surface area contributed by atoms with Crippen LogP contribution in [0.15, 0.2) is 48.5 Å². The summed E-state index contributed by atoms with van der Waals surface area (Å²) in [5.41, 5.74) is 1.77. The minimum absolute atomic E-state index is 0.247. The SMILES string of the molecule is CN(CCC(O)c1ccc(Cl)cc1)c1ccc(F)cc1. The van der Waals surface area contributed by atoms with E-state index in [4.69, 9.17) is 11.6 Å². The lowest BCUT2D eigenvalue weighted by molar-refractivity contribution is 0.170. The summed E-state index contributed by atoms with van der Waals surface area (Å²) in [7, 11) is 1.92. The van der Waals surface area contributed by atoms with Crippen molar-refractivity contribution in [3.05, 3.63) is 64.9 Å². The lowest BCUT2D eigenvalue weighted by atomic mass is 10.1. The third-order valence-electron chi connectivity index (χ3n) is 3.26. The van der Waals surface area contributed by atoms with Gasteiger partial charge in [0.15, 0.2) is 0 Å². The second kappa shape index (κ2) is 6.73. The van der Waals surface area contributed by atoms with Gasteiger partial charge < -0.3 is 10.0 Å². The molecule has 106 valence electrons. The van der Waals surface area contributed by atoms with Gasteiger partial charge in [-0.1, -0.05) is 23.7 Å². The lowest BCUT2D eigenvalue weighted by Crippen LogP contribution is -2.20. The number of halogens is 2. The quantitative estimate of drug-likeness (QED) is 0.899. The third kappa shape index (κ3) is 3.95. The molecule has 0 aliphatic heterocycles. The lowest BCUT2D eigenvalue weighted by Gasteiger charge is -2.21. The normalized spacial score (nSPS) is 12.2. The smallest absolute Gasteiger partial charge is 0.123 e. The van der Waals surface area contributed by atoms with Crippen molar-refractivity contribution in [1.29, 1.82) is 0 Å². The molecule has 0 aliphatic rings. The third-order valence-corrected chi connectivity index (χ3v) is 3.51. The minimum atomic E-state index is -0.532. The van der Waals surface area contributed by atoms with Gasteiger partial charge in [0.05, 0.1) is 6.10 Å². The summed E-state index contributed by atoms with van der Waals surface area (Å²) in [6.45, 7) is 0.676. The average molecular weight is 294 g/mol. The van der Waals surface area contributed by atoms with E-state index in [0.717, 1.165) is 11.3 Å². The van der Waals surface area contributed by atoms with Gasteiger partial charge in [0.1, 0.15) is 5.82 Å². The second-order valence-corrected chi connectivity index (χ2v) is 5.19. The number of aliphatic hydroxyl groups is 1. The summed E-state index contributed by atoms with van der Waals surface area (Å²) < 4.78 is 12.8. The number of hydrogen-bond donors (Lipinski definition) is 1. The van der Waals surface area contributed by atoms with Crippen LogP contribution in [0.25, 0.3) is 0 Å². The molecule has 4 heteroatoms. The van der Waals surface area contributed by atoms with Gasteiger partial charge in [0.25, 0.3) is 0 Å². The number of benzene rings is 2. The van der Waals surface area contributed by atoms with Crippen molar-refractivity contribution >= 4 is 17.3 Å². The maximum atomic E-state index is 12.8. The van der Waals surface area contributed by atoms with Crippen molar-refractivity contribution in [1.82, 2.24) is 0 Å². The zero-order valence-electron chi connectivity index (χ0n) is 11.3. The van der Waals surface area contributed by atoms with Crippen LogP contribution in [-0.4, -0.2) is 18.7 Å². The minimum Gasteiger partial charge on any atom is -0.388 e. The van der Waals surface area contributed by atoms with Gasteiger partial charge in [-0.05, 0) is 48.4 Å². The molecule has 0 aliphatic carbocycles. The molecule has 0 radical (unpaired) electrons. The summed E-state index contributed by atoms with van der Waals surface area (Å²) in [4.78, 5) is 1.98. The Bertz CT molecular complexity index is 490. The molecule has 0 bridgehead atoms. The fourth-order valence-electron chi connectivity index (χ4n) is 1.99. The molecule has 0 amide bonds. The fraction of sp³-hybridized carbons (Fsp3) is 0.250. The highest BCUT2D eigenvalue weighted by molar-refractivity contribution is 6.30. The number of aliphatic hydroxyl groups excluding tert-OH is 1. The van der Waals surface area contributed by atoms with Crippen molar-refractivity contribution in [3.8, 4) is 0 Å². The van der Waals surface area contributed by atoms with Crippen molar-refractivity contribution in [2.45, 2.75) is 12.5 Å². The van der Waals surface area contributed by atoms with E-state index in [1.165, 1.54) is 12.1 Å². The first-order valence-electron chi connectivity index (χ1n) is 6.46. The highest BCUT2D eigenvalue weighted by Crippen LogP contribution is 2.21. The molecule has 20 heavy (non-hydrogen) atoms. The molecule has 2 rings (SSSR count). The van der Waals surface area contributed by atoms with E-state index in [2.05, 4.69) is 0 Å². The summed E-state index contributed by atoms with van der Waals surface area (Å²) in [6, 6.07) is 13.5. The molecule has 1 atom stereocenters. The molecule has 0 spiro atoms. The number of nitrogens with zero attached hydrogens (tertiary/aromatic N) is 1. The van der Waals surface area contributed by atoms with Crippen LogP contribution >= 0.6 is 11.6 Å². The highest BCUT2D eigenvalue weighted by Gasteiger charge is 2.09. The molecular formula is C16H17ClFNO. The molecule has 0 saturated carbocycles. The van der Waals surface area contributed by atoms with Crippen molar-refractivity contribution < 1.29 is 9.50 Å². The molecule has 0 saturated heterocycles. The van der Waals surface area contributed by atoms with Gasteiger partial charge in [0.2, 0.25) is 0 Å². The van der Waals surface area contributed by atoms with E-state index >= 15 is 0 Å². The first kappa shape index (κ1) is 14.8. The summed E-state index contributed by atoms with van der Waals surface area (Å²) in [6.07, 6.45) is 0.0605. The van der Waals surface area contributed by atoms with Crippen molar-refractivity contribution in [3.63, 3.8) is 0 Å². The van der Waals surface area contributed by atoms with Crippen LogP contribution in [-0.2, 0) is 0 Å². The summed E-state index contributed by atoms with van der Waals surface area (Å²) in [5.74, 6) is -0.247. The van der Waals surface area contributed by atoms with Gasteiger partial charge in [0, 0.05) is 24.3 Å². The van der Waals surface area contributed by atoms with Crippen LogP contribution in [0.5, 0.6) is 0 Å². The van der Waals surface area contributed by atoms with E-state index in [1.807, 2.05) is 24.1 Å². The Morgan fingerprint density at radius 3 is 2.30 bits per heavy atom. The molecule has 2 nitrogen and oxygen atoms in total. The maximum absolute atomic E-state index is 12.8. The first-order valence-corrected chi connectivity index (χ1v) is 6.84. The predicted molar refractivity (Wildman–Crippen MR) is 80.7 cm³/mol. The van der Waals surface area contributed by atoms with Crippen LogP contribution < -0.4 is 4.90 Å². The van der Waals surface area contributed by atoms with Crippen LogP contribution in [0.4, 0.5) is 10.1 Å².